The van der Waals surface area contributed by atoms with E-state index in [1.54, 1.807) is 0 Å². The van der Waals surface area contributed by atoms with Crippen molar-refractivity contribution < 1.29 is 9.47 Å². The Morgan fingerprint density at radius 1 is 1.38 bits per heavy atom. The summed E-state index contributed by atoms with van der Waals surface area (Å²) in [4.78, 5) is 0. The quantitative estimate of drug-likeness (QED) is 0.717. The molecule has 3 nitrogen and oxygen atoms in total. The average molecular weight is 187 g/mol. The van der Waals surface area contributed by atoms with Crippen LogP contribution in [0.25, 0.3) is 0 Å². The van der Waals surface area contributed by atoms with Gasteiger partial charge in [0.05, 0.1) is 24.9 Å². The number of rotatable bonds is 4. The van der Waals surface area contributed by atoms with Crippen LogP contribution in [-0.4, -0.2) is 38.0 Å². The molecule has 1 rings (SSSR count). The molecular formula is C10H21NO2. The molecule has 1 heterocycles. The van der Waals surface area contributed by atoms with E-state index >= 15 is 0 Å². The molecule has 1 N–H and O–H groups in total. The second-order valence-corrected chi connectivity index (χ2v) is 3.83. The Bertz CT molecular complexity index is 139. The molecule has 0 aromatic rings. The van der Waals surface area contributed by atoms with E-state index in [1.165, 1.54) is 0 Å². The monoisotopic (exact) mass is 187 g/mol. The van der Waals surface area contributed by atoms with Gasteiger partial charge in [0.25, 0.3) is 0 Å². The Balaban J connectivity index is 2.18. The summed E-state index contributed by atoms with van der Waals surface area (Å²) in [5.74, 6) is 0. The Morgan fingerprint density at radius 2 is 2.08 bits per heavy atom. The van der Waals surface area contributed by atoms with Crippen LogP contribution < -0.4 is 5.32 Å². The van der Waals surface area contributed by atoms with Gasteiger partial charge in [-0.2, -0.15) is 0 Å². The molecule has 78 valence electrons. The molecule has 0 radical (unpaired) electrons. The smallest absolute Gasteiger partial charge is 0.0936 e. The lowest BCUT2D eigenvalue weighted by Crippen LogP contribution is -2.46. The minimum Gasteiger partial charge on any atom is -0.376 e. The second-order valence-electron chi connectivity index (χ2n) is 3.83. The number of ether oxygens (including phenoxy) is 2. The van der Waals surface area contributed by atoms with Crippen molar-refractivity contribution in [2.45, 2.75) is 45.5 Å². The fourth-order valence-electron chi connectivity index (χ4n) is 1.41. The first-order chi connectivity index (χ1) is 6.22. The molecule has 0 bridgehead atoms. The molecule has 1 aliphatic rings. The fraction of sp³-hybridized carbons (Fsp3) is 1.00. The first-order valence-electron chi connectivity index (χ1n) is 5.20. The molecule has 0 aromatic heterocycles. The average Bonchev–Trinajstić information content (AvgIpc) is 2.15. The van der Waals surface area contributed by atoms with Gasteiger partial charge < -0.3 is 14.8 Å². The molecule has 1 saturated heterocycles. The maximum Gasteiger partial charge on any atom is 0.0936 e. The van der Waals surface area contributed by atoms with E-state index in [9.17, 15) is 0 Å². The minimum absolute atomic E-state index is 0.237. The van der Waals surface area contributed by atoms with Crippen LogP contribution in [0.15, 0.2) is 0 Å². The number of morpholine rings is 1. The van der Waals surface area contributed by atoms with Crippen molar-refractivity contribution in [1.29, 1.82) is 0 Å². The van der Waals surface area contributed by atoms with Gasteiger partial charge in [0.2, 0.25) is 0 Å². The van der Waals surface area contributed by atoms with Crippen LogP contribution >= 0.6 is 0 Å². The highest BCUT2D eigenvalue weighted by Gasteiger charge is 2.20. The lowest BCUT2D eigenvalue weighted by atomic mass is 10.2. The van der Waals surface area contributed by atoms with Gasteiger partial charge >= 0.3 is 0 Å². The van der Waals surface area contributed by atoms with Gasteiger partial charge in [-0.3, -0.25) is 0 Å². The van der Waals surface area contributed by atoms with E-state index in [2.05, 4.69) is 12.2 Å². The molecule has 2 unspecified atom stereocenters. The summed E-state index contributed by atoms with van der Waals surface area (Å²) < 4.78 is 11.3. The topological polar surface area (TPSA) is 30.5 Å². The number of hydrogen-bond acceptors (Lipinski definition) is 3. The third kappa shape index (κ3) is 4.07. The van der Waals surface area contributed by atoms with Gasteiger partial charge in [-0.05, 0) is 20.3 Å². The highest BCUT2D eigenvalue weighted by atomic mass is 16.5. The SMILES string of the molecule is CCC1CNCC(COC(C)C)O1. The van der Waals surface area contributed by atoms with Crippen molar-refractivity contribution in [2.24, 2.45) is 0 Å². The van der Waals surface area contributed by atoms with Gasteiger partial charge in [-0.15, -0.1) is 0 Å². The highest BCUT2D eigenvalue weighted by molar-refractivity contribution is 4.73. The predicted octanol–water partition coefficient (Wildman–Crippen LogP) is 1.18. The molecule has 2 atom stereocenters. The van der Waals surface area contributed by atoms with E-state index in [-0.39, 0.29) is 6.10 Å². The van der Waals surface area contributed by atoms with Crippen LogP contribution in [0.4, 0.5) is 0 Å². The summed E-state index contributed by atoms with van der Waals surface area (Å²) in [6, 6.07) is 0. The molecular weight excluding hydrogens is 166 g/mol. The standard InChI is InChI=1S/C10H21NO2/c1-4-9-5-11-6-10(13-9)7-12-8(2)3/h8-11H,4-7H2,1-3H3. The largest absolute Gasteiger partial charge is 0.376 e. The first kappa shape index (κ1) is 11.0. The Morgan fingerprint density at radius 3 is 2.69 bits per heavy atom. The van der Waals surface area contributed by atoms with Crippen molar-refractivity contribution in [3.63, 3.8) is 0 Å². The summed E-state index contributed by atoms with van der Waals surface area (Å²) in [6.45, 7) is 8.86. The molecule has 0 aromatic carbocycles. The third-order valence-corrected chi connectivity index (χ3v) is 2.20. The van der Waals surface area contributed by atoms with Gasteiger partial charge in [0.1, 0.15) is 0 Å². The van der Waals surface area contributed by atoms with E-state index in [4.69, 9.17) is 9.47 Å². The Kier molecular flexibility index (Phi) is 4.70. The zero-order valence-electron chi connectivity index (χ0n) is 8.88. The highest BCUT2D eigenvalue weighted by Crippen LogP contribution is 2.07. The lowest BCUT2D eigenvalue weighted by Gasteiger charge is -2.30. The maximum absolute atomic E-state index is 5.80. The molecule has 0 spiro atoms. The van der Waals surface area contributed by atoms with Crippen molar-refractivity contribution in [1.82, 2.24) is 5.32 Å². The van der Waals surface area contributed by atoms with Crippen molar-refractivity contribution in [3.8, 4) is 0 Å². The summed E-state index contributed by atoms with van der Waals surface area (Å²) in [5.41, 5.74) is 0. The van der Waals surface area contributed by atoms with E-state index in [0.717, 1.165) is 19.5 Å². The van der Waals surface area contributed by atoms with Gasteiger partial charge in [0, 0.05) is 13.1 Å². The summed E-state index contributed by atoms with van der Waals surface area (Å²) in [7, 11) is 0. The second kappa shape index (κ2) is 5.58. The third-order valence-electron chi connectivity index (χ3n) is 2.20. The van der Waals surface area contributed by atoms with Crippen molar-refractivity contribution in [2.75, 3.05) is 19.7 Å². The predicted molar refractivity (Wildman–Crippen MR) is 52.9 cm³/mol. The summed E-state index contributed by atoms with van der Waals surface area (Å²) in [5, 5.41) is 3.35. The minimum atomic E-state index is 0.237. The zero-order chi connectivity index (χ0) is 9.68. The van der Waals surface area contributed by atoms with E-state index < -0.39 is 0 Å². The Labute approximate surface area is 80.8 Å². The lowest BCUT2D eigenvalue weighted by molar-refractivity contribution is -0.0861. The van der Waals surface area contributed by atoms with Crippen molar-refractivity contribution >= 4 is 0 Å². The first-order valence-corrected chi connectivity index (χ1v) is 5.20. The Hall–Kier alpha value is -0.120. The number of nitrogens with one attached hydrogen (secondary N) is 1. The molecule has 1 fully saturated rings. The van der Waals surface area contributed by atoms with Gasteiger partial charge in [-0.1, -0.05) is 6.92 Å². The maximum atomic E-state index is 5.80. The summed E-state index contributed by atoms with van der Waals surface area (Å²) in [6.07, 6.45) is 1.98. The molecule has 1 aliphatic heterocycles. The summed E-state index contributed by atoms with van der Waals surface area (Å²) >= 11 is 0. The normalized spacial score (nSPS) is 29.5. The van der Waals surface area contributed by atoms with Crippen molar-refractivity contribution in [3.05, 3.63) is 0 Å². The molecule has 13 heavy (non-hydrogen) atoms. The fourth-order valence-corrected chi connectivity index (χ4v) is 1.41. The van der Waals surface area contributed by atoms with Crippen LogP contribution in [0.3, 0.4) is 0 Å². The van der Waals surface area contributed by atoms with Crippen LogP contribution in [0.2, 0.25) is 0 Å². The zero-order valence-corrected chi connectivity index (χ0v) is 8.88. The number of hydrogen-bond donors (Lipinski definition) is 1. The van der Waals surface area contributed by atoms with Crippen LogP contribution in [-0.2, 0) is 9.47 Å². The van der Waals surface area contributed by atoms with E-state index in [0.29, 0.717) is 18.8 Å². The molecule has 0 aliphatic carbocycles. The van der Waals surface area contributed by atoms with E-state index in [1.807, 2.05) is 13.8 Å². The van der Waals surface area contributed by atoms with Gasteiger partial charge in [-0.25, -0.2) is 0 Å². The molecule has 0 saturated carbocycles. The van der Waals surface area contributed by atoms with Crippen LogP contribution in [0, 0.1) is 0 Å². The van der Waals surface area contributed by atoms with Crippen LogP contribution in [0.1, 0.15) is 27.2 Å². The molecule has 3 heteroatoms. The molecule has 0 amide bonds. The van der Waals surface area contributed by atoms with Crippen LogP contribution in [0.5, 0.6) is 0 Å². The van der Waals surface area contributed by atoms with Gasteiger partial charge in [0.15, 0.2) is 0 Å².